The number of nitrogens with one attached hydrogen (secondary N) is 2. The fourth-order valence-electron chi connectivity index (χ4n) is 3.16. The van der Waals surface area contributed by atoms with Crippen molar-refractivity contribution in [3.8, 4) is 5.75 Å². The van der Waals surface area contributed by atoms with Crippen LogP contribution in [0.5, 0.6) is 5.75 Å². The first-order valence-corrected chi connectivity index (χ1v) is 10.7. The first-order valence-electron chi connectivity index (χ1n) is 9.23. The molecule has 2 aromatic rings. The van der Waals surface area contributed by atoms with Crippen LogP contribution in [0.2, 0.25) is 0 Å². The van der Waals surface area contributed by atoms with Gasteiger partial charge in [0.15, 0.2) is 0 Å². The van der Waals surface area contributed by atoms with Crippen LogP contribution in [0.15, 0.2) is 41.3 Å². The number of nitrogens with zero attached hydrogens (tertiary/aromatic N) is 1. The Labute approximate surface area is 174 Å². The second-order valence-corrected chi connectivity index (χ2v) is 9.03. The third-order valence-corrected chi connectivity index (χ3v) is 6.48. The maximum absolute atomic E-state index is 13.5. The van der Waals surface area contributed by atoms with Crippen LogP contribution in [0.1, 0.15) is 24.8 Å². The summed E-state index contributed by atoms with van der Waals surface area (Å²) in [5, 5.41) is 5.21. The van der Waals surface area contributed by atoms with Crippen molar-refractivity contribution in [2.75, 3.05) is 31.3 Å². The Bertz CT molecular complexity index is 1100. The summed E-state index contributed by atoms with van der Waals surface area (Å²) in [5.41, 5.74) is 0.966. The normalized spacial score (nSPS) is 16.0. The number of sulfonamides is 1. The number of halogens is 1. The van der Waals surface area contributed by atoms with Gasteiger partial charge in [0.05, 0.1) is 12.5 Å². The maximum Gasteiger partial charge on any atom is 0.246 e. The van der Waals surface area contributed by atoms with Crippen LogP contribution in [-0.4, -0.2) is 45.2 Å². The van der Waals surface area contributed by atoms with Gasteiger partial charge >= 0.3 is 0 Å². The van der Waals surface area contributed by atoms with Crippen molar-refractivity contribution in [3.05, 3.63) is 47.8 Å². The standard InChI is InChI=1S/C20H22FN3O5S/c1-4-29-17-8-6-13(10-18(17)30(27,28)24(2)3)22-20(26)15-11-19(25)23-16-9-12(21)5-7-14(15)16/h5-10,15H,4,11H2,1-3H3,(H,22,26)(H,23,25)/t15-/m1/s1. The number of anilines is 2. The van der Waals surface area contributed by atoms with Crippen LogP contribution in [0.4, 0.5) is 15.8 Å². The summed E-state index contributed by atoms with van der Waals surface area (Å²) in [6.07, 6.45) is -0.107. The average Bonchev–Trinajstić information content (AvgIpc) is 2.68. The van der Waals surface area contributed by atoms with Gasteiger partial charge in [-0.05, 0) is 42.8 Å². The largest absolute Gasteiger partial charge is 0.492 e. The lowest BCUT2D eigenvalue weighted by atomic mass is 9.89. The molecule has 2 aromatic carbocycles. The molecule has 0 bridgehead atoms. The summed E-state index contributed by atoms with van der Waals surface area (Å²) in [5.74, 6) is -2.11. The molecule has 0 fully saturated rings. The summed E-state index contributed by atoms with van der Waals surface area (Å²) in [6, 6.07) is 8.13. The van der Waals surface area contributed by atoms with Gasteiger partial charge in [0, 0.05) is 31.9 Å². The summed E-state index contributed by atoms with van der Waals surface area (Å²) < 4.78 is 45.3. The van der Waals surface area contributed by atoms with E-state index in [9.17, 15) is 22.4 Å². The van der Waals surface area contributed by atoms with Crippen molar-refractivity contribution < 1.29 is 27.1 Å². The van der Waals surface area contributed by atoms with Crippen molar-refractivity contribution in [2.45, 2.75) is 24.2 Å². The minimum absolute atomic E-state index is 0.0870. The Balaban J connectivity index is 1.94. The smallest absolute Gasteiger partial charge is 0.246 e. The van der Waals surface area contributed by atoms with E-state index >= 15 is 0 Å². The highest BCUT2D eigenvalue weighted by atomic mass is 32.2. The molecule has 160 valence electrons. The lowest BCUT2D eigenvalue weighted by Gasteiger charge is -2.25. The number of ether oxygens (including phenoxy) is 1. The van der Waals surface area contributed by atoms with Gasteiger partial charge in [0.2, 0.25) is 21.8 Å². The predicted octanol–water partition coefficient (Wildman–Crippen LogP) is 2.54. The van der Waals surface area contributed by atoms with Gasteiger partial charge in [-0.15, -0.1) is 0 Å². The minimum Gasteiger partial charge on any atom is -0.492 e. The van der Waals surface area contributed by atoms with E-state index in [-0.39, 0.29) is 35.0 Å². The van der Waals surface area contributed by atoms with Crippen LogP contribution in [0.3, 0.4) is 0 Å². The Morgan fingerprint density at radius 2 is 2.00 bits per heavy atom. The molecule has 2 amide bonds. The van der Waals surface area contributed by atoms with Gasteiger partial charge in [-0.25, -0.2) is 17.1 Å². The van der Waals surface area contributed by atoms with Crippen LogP contribution in [0.25, 0.3) is 0 Å². The van der Waals surface area contributed by atoms with E-state index < -0.39 is 33.6 Å². The van der Waals surface area contributed by atoms with Crippen molar-refractivity contribution >= 4 is 33.2 Å². The second kappa shape index (κ2) is 8.41. The molecule has 0 saturated carbocycles. The molecule has 30 heavy (non-hydrogen) atoms. The number of rotatable bonds is 6. The van der Waals surface area contributed by atoms with Gasteiger partial charge in [-0.3, -0.25) is 9.59 Å². The topological polar surface area (TPSA) is 105 Å². The zero-order valence-electron chi connectivity index (χ0n) is 16.7. The molecule has 1 heterocycles. The van der Waals surface area contributed by atoms with E-state index in [2.05, 4.69) is 10.6 Å². The minimum atomic E-state index is -3.82. The van der Waals surface area contributed by atoms with Gasteiger partial charge in [-0.2, -0.15) is 0 Å². The summed E-state index contributed by atoms with van der Waals surface area (Å²) in [7, 11) is -1.03. The van der Waals surface area contributed by atoms with E-state index in [1.165, 1.54) is 44.4 Å². The highest BCUT2D eigenvalue weighted by molar-refractivity contribution is 7.89. The molecule has 0 unspecified atom stereocenters. The highest BCUT2D eigenvalue weighted by Gasteiger charge is 2.31. The molecule has 0 spiro atoms. The Kier molecular flexibility index (Phi) is 6.09. The number of carbonyl (C=O) groups is 2. The SMILES string of the molecule is CCOc1ccc(NC(=O)[C@@H]2CC(=O)Nc3cc(F)ccc32)cc1S(=O)(=O)N(C)C. The van der Waals surface area contributed by atoms with E-state index in [1.807, 2.05) is 0 Å². The summed E-state index contributed by atoms with van der Waals surface area (Å²) in [6.45, 7) is 2.00. The summed E-state index contributed by atoms with van der Waals surface area (Å²) >= 11 is 0. The molecule has 0 aromatic heterocycles. The van der Waals surface area contributed by atoms with Crippen molar-refractivity contribution in [1.29, 1.82) is 0 Å². The van der Waals surface area contributed by atoms with Crippen LogP contribution >= 0.6 is 0 Å². The number of hydrogen-bond donors (Lipinski definition) is 2. The van der Waals surface area contributed by atoms with E-state index in [1.54, 1.807) is 6.92 Å². The fraction of sp³-hybridized carbons (Fsp3) is 0.300. The lowest BCUT2D eigenvalue weighted by molar-refractivity contribution is -0.123. The van der Waals surface area contributed by atoms with Gasteiger partial charge in [0.25, 0.3) is 0 Å². The molecule has 8 nitrogen and oxygen atoms in total. The van der Waals surface area contributed by atoms with Gasteiger partial charge < -0.3 is 15.4 Å². The monoisotopic (exact) mass is 435 g/mol. The molecule has 1 atom stereocenters. The zero-order valence-corrected chi connectivity index (χ0v) is 17.5. The quantitative estimate of drug-likeness (QED) is 0.726. The lowest BCUT2D eigenvalue weighted by Crippen LogP contribution is -2.31. The molecule has 1 aliphatic rings. The Hall–Kier alpha value is -2.98. The zero-order chi connectivity index (χ0) is 22.1. The predicted molar refractivity (Wildman–Crippen MR) is 110 cm³/mol. The third-order valence-electron chi connectivity index (χ3n) is 4.64. The van der Waals surface area contributed by atoms with E-state index in [0.717, 1.165) is 10.4 Å². The number of hydrogen-bond acceptors (Lipinski definition) is 5. The van der Waals surface area contributed by atoms with E-state index in [4.69, 9.17) is 4.74 Å². The molecular weight excluding hydrogens is 413 g/mol. The molecule has 3 rings (SSSR count). The number of fused-ring (bicyclic) bond motifs is 1. The maximum atomic E-state index is 13.5. The van der Waals surface area contributed by atoms with Crippen molar-refractivity contribution in [2.24, 2.45) is 0 Å². The molecule has 0 radical (unpaired) electrons. The fourth-order valence-corrected chi connectivity index (χ4v) is 4.21. The number of carbonyl (C=O) groups excluding carboxylic acids is 2. The first-order chi connectivity index (χ1) is 14.1. The highest BCUT2D eigenvalue weighted by Crippen LogP contribution is 2.34. The second-order valence-electron chi connectivity index (χ2n) is 6.91. The molecule has 0 aliphatic carbocycles. The van der Waals surface area contributed by atoms with Gasteiger partial charge in [0.1, 0.15) is 16.5 Å². The Morgan fingerprint density at radius 1 is 1.27 bits per heavy atom. The van der Waals surface area contributed by atoms with Crippen LogP contribution in [-0.2, 0) is 19.6 Å². The molecule has 0 saturated heterocycles. The molecule has 10 heteroatoms. The third kappa shape index (κ3) is 4.29. The van der Waals surface area contributed by atoms with Gasteiger partial charge in [-0.1, -0.05) is 6.07 Å². The van der Waals surface area contributed by atoms with Crippen molar-refractivity contribution in [3.63, 3.8) is 0 Å². The number of amides is 2. The van der Waals surface area contributed by atoms with Crippen molar-refractivity contribution in [1.82, 2.24) is 4.31 Å². The van der Waals surface area contributed by atoms with Crippen LogP contribution < -0.4 is 15.4 Å². The number of benzene rings is 2. The summed E-state index contributed by atoms with van der Waals surface area (Å²) in [4.78, 5) is 24.8. The molecular formula is C20H22FN3O5S. The Morgan fingerprint density at radius 3 is 2.67 bits per heavy atom. The molecule has 1 aliphatic heterocycles. The van der Waals surface area contributed by atoms with E-state index in [0.29, 0.717) is 5.56 Å². The average molecular weight is 435 g/mol. The molecule has 2 N–H and O–H groups in total. The first kappa shape index (κ1) is 21.7. The van der Waals surface area contributed by atoms with Crippen LogP contribution in [0, 0.1) is 5.82 Å².